The second-order valence-corrected chi connectivity index (χ2v) is 5.52. The summed E-state index contributed by atoms with van der Waals surface area (Å²) >= 11 is 6.08. The van der Waals surface area contributed by atoms with Crippen LogP contribution in [0.15, 0.2) is 22.9 Å². The molecule has 114 valence electrons. The van der Waals surface area contributed by atoms with Crippen LogP contribution in [0.1, 0.15) is 38.5 Å². The van der Waals surface area contributed by atoms with Crippen LogP contribution >= 0.6 is 11.6 Å². The number of hydrogen-bond donors (Lipinski definition) is 1. The van der Waals surface area contributed by atoms with Gasteiger partial charge in [0.15, 0.2) is 0 Å². The molecular weight excluding hydrogens is 288 g/mol. The minimum Gasteiger partial charge on any atom is -0.339 e. The second kappa shape index (κ2) is 8.10. The summed E-state index contributed by atoms with van der Waals surface area (Å²) in [6.07, 6.45) is 6.84. The zero-order valence-electron chi connectivity index (χ0n) is 12.3. The monoisotopic (exact) mass is 308 g/mol. The third-order valence-electron chi connectivity index (χ3n) is 3.48. The highest BCUT2D eigenvalue weighted by Gasteiger charge is 2.14. The minimum absolute atomic E-state index is 0.446. The molecule has 0 bridgehead atoms. The van der Waals surface area contributed by atoms with E-state index in [0.717, 1.165) is 25.8 Å². The largest absolute Gasteiger partial charge is 0.339 e. The van der Waals surface area contributed by atoms with Crippen LogP contribution in [-0.2, 0) is 6.42 Å². The standard InChI is InChI=1S/C15H21ClN4O/c1-2-4-11(8-9-17)6-7-13-19-15(20-21-13)14-12(16)5-3-10-18-14/h3,5,10-11H,2,4,6-9,17H2,1H3. The summed E-state index contributed by atoms with van der Waals surface area (Å²) < 4.78 is 5.29. The van der Waals surface area contributed by atoms with E-state index in [-0.39, 0.29) is 0 Å². The van der Waals surface area contributed by atoms with Crippen molar-refractivity contribution in [1.29, 1.82) is 0 Å². The van der Waals surface area contributed by atoms with Gasteiger partial charge in [0.25, 0.3) is 0 Å². The Labute approximate surface area is 129 Å². The topological polar surface area (TPSA) is 77.8 Å². The van der Waals surface area contributed by atoms with Gasteiger partial charge in [-0.2, -0.15) is 4.98 Å². The van der Waals surface area contributed by atoms with E-state index in [9.17, 15) is 0 Å². The molecule has 2 N–H and O–H groups in total. The van der Waals surface area contributed by atoms with Gasteiger partial charge in [-0.25, -0.2) is 0 Å². The van der Waals surface area contributed by atoms with Crippen LogP contribution in [0.2, 0.25) is 5.02 Å². The molecule has 0 radical (unpaired) electrons. The summed E-state index contributed by atoms with van der Waals surface area (Å²) in [7, 11) is 0. The Morgan fingerprint density at radius 1 is 1.33 bits per heavy atom. The van der Waals surface area contributed by atoms with E-state index in [1.807, 2.05) is 0 Å². The summed E-state index contributed by atoms with van der Waals surface area (Å²) in [5, 5.41) is 4.48. The molecule has 0 saturated heterocycles. The lowest BCUT2D eigenvalue weighted by Crippen LogP contribution is -2.09. The van der Waals surface area contributed by atoms with Crippen molar-refractivity contribution in [3.8, 4) is 11.5 Å². The molecule has 0 aliphatic carbocycles. The van der Waals surface area contributed by atoms with Crippen LogP contribution in [0.25, 0.3) is 11.5 Å². The Morgan fingerprint density at radius 3 is 2.90 bits per heavy atom. The smallest absolute Gasteiger partial charge is 0.227 e. The molecule has 2 rings (SSSR count). The maximum absolute atomic E-state index is 6.08. The van der Waals surface area contributed by atoms with E-state index in [2.05, 4.69) is 22.0 Å². The Hall–Kier alpha value is -1.46. The van der Waals surface area contributed by atoms with Crippen molar-refractivity contribution >= 4 is 11.6 Å². The van der Waals surface area contributed by atoms with E-state index in [1.165, 1.54) is 12.8 Å². The maximum atomic E-state index is 6.08. The first-order valence-corrected chi connectivity index (χ1v) is 7.76. The van der Waals surface area contributed by atoms with Gasteiger partial charge in [-0.05, 0) is 37.4 Å². The van der Waals surface area contributed by atoms with Gasteiger partial charge in [-0.3, -0.25) is 4.98 Å². The Morgan fingerprint density at radius 2 is 2.19 bits per heavy atom. The van der Waals surface area contributed by atoms with Crippen LogP contribution in [0.3, 0.4) is 0 Å². The summed E-state index contributed by atoms with van der Waals surface area (Å²) in [5.41, 5.74) is 6.21. The van der Waals surface area contributed by atoms with Gasteiger partial charge >= 0.3 is 0 Å². The highest BCUT2D eigenvalue weighted by atomic mass is 35.5. The van der Waals surface area contributed by atoms with Gasteiger partial charge in [0.2, 0.25) is 11.7 Å². The summed E-state index contributed by atoms with van der Waals surface area (Å²) in [4.78, 5) is 8.56. The molecule has 0 aromatic carbocycles. The molecule has 0 spiro atoms. The highest BCUT2D eigenvalue weighted by molar-refractivity contribution is 6.32. The van der Waals surface area contributed by atoms with E-state index in [1.54, 1.807) is 18.3 Å². The van der Waals surface area contributed by atoms with Gasteiger partial charge in [-0.15, -0.1) is 0 Å². The number of pyridine rings is 1. The zero-order chi connectivity index (χ0) is 15.1. The van der Waals surface area contributed by atoms with Crippen LogP contribution in [-0.4, -0.2) is 21.7 Å². The summed E-state index contributed by atoms with van der Waals surface area (Å²) in [6, 6.07) is 3.54. The van der Waals surface area contributed by atoms with Crippen molar-refractivity contribution in [2.45, 2.75) is 39.0 Å². The van der Waals surface area contributed by atoms with Gasteiger partial charge < -0.3 is 10.3 Å². The fourth-order valence-electron chi connectivity index (χ4n) is 2.41. The molecule has 0 amide bonds. The van der Waals surface area contributed by atoms with Crippen molar-refractivity contribution in [1.82, 2.24) is 15.1 Å². The Bertz CT molecular complexity index is 552. The van der Waals surface area contributed by atoms with Gasteiger partial charge in [0.1, 0.15) is 5.69 Å². The zero-order valence-corrected chi connectivity index (χ0v) is 13.0. The molecule has 1 unspecified atom stereocenters. The molecule has 0 aliphatic rings. The molecule has 21 heavy (non-hydrogen) atoms. The maximum Gasteiger partial charge on any atom is 0.227 e. The van der Waals surface area contributed by atoms with Crippen molar-refractivity contribution in [3.63, 3.8) is 0 Å². The number of nitrogens with two attached hydrogens (primary N) is 1. The van der Waals surface area contributed by atoms with Crippen molar-refractivity contribution in [3.05, 3.63) is 29.2 Å². The van der Waals surface area contributed by atoms with Crippen molar-refractivity contribution in [2.24, 2.45) is 11.7 Å². The first-order chi connectivity index (χ1) is 10.2. The number of nitrogens with zero attached hydrogens (tertiary/aromatic N) is 3. The van der Waals surface area contributed by atoms with E-state index >= 15 is 0 Å². The van der Waals surface area contributed by atoms with E-state index in [4.69, 9.17) is 21.9 Å². The van der Waals surface area contributed by atoms with Gasteiger partial charge in [-0.1, -0.05) is 36.5 Å². The number of rotatable bonds is 8. The summed E-state index contributed by atoms with van der Waals surface area (Å²) in [6.45, 7) is 2.92. The SMILES string of the molecule is CCCC(CCN)CCc1nc(-c2ncccc2Cl)no1. The average molecular weight is 309 g/mol. The van der Waals surface area contributed by atoms with Crippen LogP contribution in [0, 0.1) is 5.92 Å². The van der Waals surface area contributed by atoms with Crippen LogP contribution in [0.5, 0.6) is 0 Å². The Kier molecular flexibility index (Phi) is 6.14. The molecule has 5 nitrogen and oxygen atoms in total. The lowest BCUT2D eigenvalue weighted by molar-refractivity contribution is 0.349. The van der Waals surface area contributed by atoms with Gasteiger partial charge in [0, 0.05) is 12.6 Å². The number of hydrogen-bond acceptors (Lipinski definition) is 5. The fraction of sp³-hybridized carbons (Fsp3) is 0.533. The van der Waals surface area contributed by atoms with Crippen LogP contribution in [0.4, 0.5) is 0 Å². The molecule has 2 aromatic heterocycles. The lowest BCUT2D eigenvalue weighted by atomic mass is 9.94. The third-order valence-corrected chi connectivity index (χ3v) is 3.78. The number of halogens is 1. The molecule has 0 fully saturated rings. The summed E-state index contributed by atoms with van der Waals surface area (Å²) in [5.74, 6) is 1.69. The molecular formula is C15H21ClN4O. The molecule has 2 heterocycles. The molecule has 2 aromatic rings. The third kappa shape index (κ3) is 4.51. The number of aryl methyl sites for hydroxylation is 1. The number of aromatic nitrogens is 3. The predicted molar refractivity (Wildman–Crippen MR) is 82.9 cm³/mol. The van der Waals surface area contributed by atoms with Crippen molar-refractivity contribution < 1.29 is 4.52 Å². The van der Waals surface area contributed by atoms with Crippen molar-refractivity contribution in [2.75, 3.05) is 6.54 Å². The molecule has 0 aliphatic heterocycles. The second-order valence-electron chi connectivity index (χ2n) is 5.12. The lowest BCUT2D eigenvalue weighted by Gasteiger charge is -2.13. The van der Waals surface area contributed by atoms with E-state index < -0.39 is 0 Å². The molecule has 0 saturated carbocycles. The minimum atomic E-state index is 0.446. The van der Waals surface area contributed by atoms with E-state index in [0.29, 0.717) is 28.3 Å². The molecule has 1 atom stereocenters. The highest BCUT2D eigenvalue weighted by Crippen LogP contribution is 2.23. The van der Waals surface area contributed by atoms with Crippen LogP contribution < -0.4 is 5.73 Å². The van der Waals surface area contributed by atoms with Gasteiger partial charge in [0.05, 0.1) is 5.02 Å². The first kappa shape index (κ1) is 15.9. The average Bonchev–Trinajstić information content (AvgIpc) is 2.94. The molecule has 6 heteroatoms. The predicted octanol–water partition coefficient (Wildman–Crippen LogP) is 3.48. The fourth-order valence-corrected chi connectivity index (χ4v) is 2.61. The quantitative estimate of drug-likeness (QED) is 0.807. The first-order valence-electron chi connectivity index (χ1n) is 7.38. The Balaban J connectivity index is 1.98. The normalized spacial score (nSPS) is 12.5.